The Labute approximate surface area is 174 Å². The number of carbonyl (C=O) groups excluding carboxylic acids is 1. The molecule has 8 nitrogen and oxygen atoms in total. The van der Waals surface area contributed by atoms with E-state index in [4.69, 9.17) is 4.74 Å². The van der Waals surface area contributed by atoms with Crippen molar-refractivity contribution in [3.8, 4) is 0 Å². The minimum Gasteiger partial charge on any atom is -0.379 e. The van der Waals surface area contributed by atoms with Crippen LogP contribution >= 0.6 is 0 Å². The SMILES string of the molecule is CN=C(NCc1ccc(NC(=O)NC(C)C)cc1)NCC(C)(C)N1CCOCC1. The Bertz CT molecular complexity index is 666. The number of carbonyl (C=O) groups is 1. The summed E-state index contributed by atoms with van der Waals surface area (Å²) in [6.45, 7) is 13.3. The van der Waals surface area contributed by atoms with Crippen molar-refractivity contribution in [3.63, 3.8) is 0 Å². The molecule has 0 aromatic heterocycles. The van der Waals surface area contributed by atoms with E-state index in [0.717, 1.165) is 50.1 Å². The number of anilines is 1. The smallest absolute Gasteiger partial charge is 0.319 e. The van der Waals surface area contributed by atoms with Crippen LogP contribution in [0.4, 0.5) is 10.5 Å². The monoisotopic (exact) mass is 404 g/mol. The maximum Gasteiger partial charge on any atom is 0.319 e. The second-order valence-corrected chi connectivity index (χ2v) is 8.14. The van der Waals surface area contributed by atoms with Gasteiger partial charge in [-0.2, -0.15) is 0 Å². The van der Waals surface area contributed by atoms with Gasteiger partial charge < -0.3 is 26.0 Å². The molecule has 0 radical (unpaired) electrons. The van der Waals surface area contributed by atoms with E-state index in [-0.39, 0.29) is 17.6 Å². The van der Waals surface area contributed by atoms with Gasteiger partial charge in [-0.25, -0.2) is 4.79 Å². The molecule has 4 N–H and O–H groups in total. The van der Waals surface area contributed by atoms with Crippen molar-refractivity contribution in [1.82, 2.24) is 20.9 Å². The average molecular weight is 405 g/mol. The van der Waals surface area contributed by atoms with Gasteiger partial charge in [-0.05, 0) is 45.4 Å². The highest BCUT2D eigenvalue weighted by atomic mass is 16.5. The number of hydrogen-bond acceptors (Lipinski definition) is 4. The van der Waals surface area contributed by atoms with Crippen LogP contribution in [0.1, 0.15) is 33.3 Å². The van der Waals surface area contributed by atoms with Crippen molar-refractivity contribution in [3.05, 3.63) is 29.8 Å². The van der Waals surface area contributed by atoms with Crippen LogP contribution in [0, 0.1) is 0 Å². The number of rotatable bonds is 7. The summed E-state index contributed by atoms with van der Waals surface area (Å²) in [7, 11) is 1.78. The molecule has 1 saturated heterocycles. The van der Waals surface area contributed by atoms with Crippen molar-refractivity contribution >= 4 is 17.7 Å². The first-order valence-electron chi connectivity index (χ1n) is 10.2. The van der Waals surface area contributed by atoms with Crippen LogP contribution < -0.4 is 21.3 Å². The maximum atomic E-state index is 11.8. The fourth-order valence-electron chi connectivity index (χ4n) is 3.12. The van der Waals surface area contributed by atoms with E-state index >= 15 is 0 Å². The zero-order valence-corrected chi connectivity index (χ0v) is 18.3. The minimum absolute atomic E-state index is 0.0191. The van der Waals surface area contributed by atoms with E-state index in [1.54, 1.807) is 7.05 Å². The quantitative estimate of drug-likeness (QED) is 0.412. The summed E-state index contributed by atoms with van der Waals surface area (Å²) in [5.74, 6) is 0.768. The molecule has 1 fully saturated rings. The second-order valence-electron chi connectivity index (χ2n) is 8.14. The third-order valence-electron chi connectivity index (χ3n) is 4.87. The first-order chi connectivity index (χ1) is 13.8. The van der Waals surface area contributed by atoms with Crippen LogP contribution in [-0.4, -0.2) is 68.4 Å². The van der Waals surface area contributed by atoms with Crippen molar-refractivity contribution in [2.75, 3.05) is 45.2 Å². The molecule has 0 atom stereocenters. The third-order valence-corrected chi connectivity index (χ3v) is 4.87. The average Bonchev–Trinajstić information content (AvgIpc) is 2.69. The first-order valence-corrected chi connectivity index (χ1v) is 10.2. The summed E-state index contributed by atoms with van der Waals surface area (Å²) >= 11 is 0. The van der Waals surface area contributed by atoms with E-state index in [9.17, 15) is 4.79 Å². The van der Waals surface area contributed by atoms with E-state index in [2.05, 4.69) is 45.0 Å². The predicted octanol–water partition coefficient (Wildman–Crippen LogP) is 1.99. The van der Waals surface area contributed by atoms with Crippen LogP contribution in [0.15, 0.2) is 29.3 Å². The molecule has 1 aliphatic heterocycles. The molecule has 8 heteroatoms. The maximum absolute atomic E-state index is 11.8. The van der Waals surface area contributed by atoms with Gasteiger partial charge >= 0.3 is 6.03 Å². The molecule has 162 valence electrons. The lowest BCUT2D eigenvalue weighted by molar-refractivity contribution is -0.00834. The fourth-order valence-corrected chi connectivity index (χ4v) is 3.12. The summed E-state index contributed by atoms with van der Waals surface area (Å²) < 4.78 is 5.45. The first kappa shape index (κ1) is 23.0. The Morgan fingerprint density at radius 1 is 1.17 bits per heavy atom. The topological polar surface area (TPSA) is 90.0 Å². The summed E-state index contributed by atoms with van der Waals surface area (Å²) in [4.78, 5) is 18.5. The van der Waals surface area contributed by atoms with Gasteiger partial charge in [0.25, 0.3) is 0 Å². The van der Waals surface area contributed by atoms with Gasteiger partial charge in [-0.3, -0.25) is 9.89 Å². The molecular weight excluding hydrogens is 368 g/mol. The van der Waals surface area contributed by atoms with Gasteiger partial charge in [0, 0.05) is 50.5 Å². The molecule has 1 heterocycles. The summed E-state index contributed by atoms with van der Waals surface area (Å²) in [5.41, 5.74) is 1.89. The van der Waals surface area contributed by atoms with Crippen LogP contribution in [0.2, 0.25) is 0 Å². The lowest BCUT2D eigenvalue weighted by Gasteiger charge is -2.41. The van der Waals surface area contributed by atoms with Crippen LogP contribution in [-0.2, 0) is 11.3 Å². The van der Waals surface area contributed by atoms with Crippen LogP contribution in [0.5, 0.6) is 0 Å². The zero-order chi connectivity index (χ0) is 21.3. The Morgan fingerprint density at radius 3 is 2.41 bits per heavy atom. The Kier molecular flexibility index (Phi) is 8.72. The van der Waals surface area contributed by atoms with Crippen LogP contribution in [0.25, 0.3) is 0 Å². The number of ether oxygens (including phenoxy) is 1. The minimum atomic E-state index is -0.196. The third kappa shape index (κ3) is 7.91. The number of guanidine groups is 1. The highest BCUT2D eigenvalue weighted by molar-refractivity contribution is 5.89. The van der Waals surface area contributed by atoms with E-state index in [1.807, 2.05) is 38.1 Å². The molecule has 1 aromatic carbocycles. The molecule has 0 bridgehead atoms. The Hall–Kier alpha value is -2.32. The second kappa shape index (κ2) is 11.0. The van der Waals surface area contributed by atoms with Gasteiger partial charge in [0.05, 0.1) is 13.2 Å². The van der Waals surface area contributed by atoms with E-state index in [0.29, 0.717) is 6.54 Å². The van der Waals surface area contributed by atoms with Gasteiger partial charge in [0.2, 0.25) is 0 Å². The highest BCUT2D eigenvalue weighted by Gasteiger charge is 2.28. The zero-order valence-electron chi connectivity index (χ0n) is 18.3. The van der Waals surface area contributed by atoms with Gasteiger partial charge in [0.1, 0.15) is 0 Å². The number of benzene rings is 1. The number of nitrogens with one attached hydrogen (secondary N) is 4. The molecule has 1 aliphatic rings. The lowest BCUT2D eigenvalue weighted by Crippen LogP contribution is -2.56. The summed E-state index contributed by atoms with van der Waals surface area (Å²) in [6.07, 6.45) is 0. The number of aliphatic imine (C=N–C) groups is 1. The number of urea groups is 1. The standard InChI is InChI=1S/C21H36N6O2/c1-16(2)25-20(28)26-18-8-6-17(7-9-18)14-23-19(22-5)24-15-21(3,4)27-10-12-29-13-11-27/h6-9,16H,10-15H2,1-5H3,(H2,22,23,24)(H2,25,26,28). The van der Waals surface area contributed by atoms with Crippen molar-refractivity contribution in [2.45, 2.75) is 45.8 Å². The summed E-state index contributed by atoms with van der Waals surface area (Å²) in [6, 6.07) is 7.68. The number of hydrogen-bond donors (Lipinski definition) is 4. The molecule has 1 aromatic rings. The van der Waals surface area contributed by atoms with Gasteiger partial charge in [-0.15, -0.1) is 0 Å². The van der Waals surface area contributed by atoms with Crippen molar-refractivity contribution < 1.29 is 9.53 Å². The van der Waals surface area contributed by atoms with E-state index < -0.39 is 0 Å². The molecule has 29 heavy (non-hydrogen) atoms. The largest absolute Gasteiger partial charge is 0.379 e. The molecular formula is C21H36N6O2. The molecule has 0 aliphatic carbocycles. The Morgan fingerprint density at radius 2 is 1.83 bits per heavy atom. The molecule has 0 unspecified atom stereocenters. The molecule has 0 spiro atoms. The fraction of sp³-hybridized carbons (Fsp3) is 0.619. The number of nitrogens with zero attached hydrogens (tertiary/aromatic N) is 2. The highest BCUT2D eigenvalue weighted by Crippen LogP contribution is 2.15. The van der Waals surface area contributed by atoms with E-state index in [1.165, 1.54) is 0 Å². The van der Waals surface area contributed by atoms with Crippen molar-refractivity contribution in [2.24, 2.45) is 4.99 Å². The van der Waals surface area contributed by atoms with Crippen molar-refractivity contribution in [1.29, 1.82) is 0 Å². The Balaban J connectivity index is 1.79. The summed E-state index contributed by atoms with van der Waals surface area (Å²) in [5, 5.41) is 12.4. The molecule has 2 amide bonds. The van der Waals surface area contributed by atoms with Gasteiger partial charge in [0.15, 0.2) is 5.96 Å². The molecule has 2 rings (SSSR count). The lowest BCUT2D eigenvalue weighted by atomic mass is 10.0. The van der Waals surface area contributed by atoms with Gasteiger partial charge in [-0.1, -0.05) is 12.1 Å². The predicted molar refractivity (Wildman–Crippen MR) is 118 cm³/mol. The number of amides is 2. The van der Waals surface area contributed by atoms with Crippen LogP contribution in [0.3, 0.4) is 0 Å². The molecule has 0 saturated carbocycles. The normalized spacial score (nSPS) is 15.9. The number of morpholine rings is 1.